The fourth-order valence-electron chi connectivity index (χ4n) is 2.28. The van der Waals surface area contributed by atoms with Crippen molar-refractivity contribution in [1.82, 2.24) is 15.3 Å². The van der Waals surface area contributed by atoms with E-state index in [0.717, 1.165) is 24.5 Å². The molecule has 102 valence electrons. The summed E-state index contributed by atoms with van der Waals surface area (Å²) >= 11 is 0. The Morgan fingerprint density at radius 2 is 2.15 bits per heavy atom. The smallest absolute Gasteiger partial charge is 0.137 e. The fourth-order valence-corrected chi connectivity index (χ4v) is 2.28. The lowest BCUT2D eigenvalue weighted by atomic mass is 10.2. The Morgan fingerprint density at radius 1 is 1.20 bits per heavy atom. The fraction of sp³-hybridized carbons (Fsp3) is 0.188. The van der Waals surface area contributed by atoms with Gasteiger partial charge in [-0.25, -0.2) is 4.98 Å². The summed E-state index contributed by atoms with van der Waals surface area (Å²) in [4.78, 5) is 7.47. The normalized spacial score (nSPS) is 10.8. The van der Waals surface area contributed by atoms with Gasteiger partial charge in [-0.15, -0.1) is 0 Å². The van der Waals surface area contributed by atoms with Crippen LogP contribution in [0.1, 0.15) is 11.1 Å². The summed E-state index contributed by atoms with van der Waals surface area (Å²) in [5, 5.41) is 4.62. The van der Waals surface area contributed by atoms with Crippen LogP contribution < -0.4 is 10.1 Å². The Balaban J connectivity index is 1.65. The molecule has 2 N–H and O–H groups in total. The van der Waals surface area contributed by atoms with Gasteiger partial charge in [-0.1, -0.05) is 12.1 Å². The van der Waals surface area contributed by atoms with Gasteiger partial charge < -0.3 is 15.0 Å². The first-order valence-corrected chi connectivity index (χ1v) is 6.61. The van der Waals surface area contributed by atoms with Crippen LogP contribution in [0.2, 0.25) is 0 Å². The van der Waals surface area contributed by atoms with E-state index in [1.54, 1.807) is 13.3 Å². The number of benzene rings is 1. The molecule has 0 spiro atoms. The maximum absolute atomic E-state index is 5.22. The molecule has 4 heteroatoms. The lowest BCUT2D eigenvalue weighted by molar-refractivity contribution is 0.414. The number of hydrogen-bond acceptors (Lipinski definition) is 3. The summed E-state index contributed by atoms with van der Waals surface area (Å²) in [6.45, 7) is 1.62. The van der Waals surface area contributed by atoms with Gasteiger partial charge >= 0.3 is 0 Å². The zero-order valence-corrected chi connectivity index (χ0v) is 11.4. The molecule has 0 radical (unpaired) electrons. The van der Waals surface area contributed by atoms with Gasteiger partial charge in [-0.2, -0.15) is 0 Å². The van der Waals surface area contributed by atoms with Gasteiger partial charge in [0.1, 0.15) is 11.4 Å². The molecule has 0 bridgehead atoms. The van der Waals surface area contributed by atoms with Crippen molar-refractivity contribution in [3.8, 4) is 5.75 Å². The second-order valence-corrected chi connectivity index (χ2v) is 4.67. The molecule has 1 aromatic carbocycles. The first-order chi connectivity index (χ1) is 9.86. The summed E-state index contributed by atoms with van der Waals surface area (Å²) in [6, 6.07) is 12.1. The quantitative estimate of drug-likeness (QED) is 0.747. The van der Waals surface area contributed by atoms with E-state index in [1.807, 2.05) is 30.5 Å². The van der Waals surface area contributed by atoms with Crippen LogP contribution in [0, 0.1) is 0 Å². The number of H-pyrrole nitrogens is 1. The second kappa shape index (κ2) is 5.75. The van der Waals surface area contributed by atoms with Crippen molar-refractivity contribution < 1.29 is 4.74 Å². The standard InChI is InChI=1S/C16H17N3O/c1-20-14-5-2-4-12(8-14)9-17-10-13-11-19-16-15(13)6-3-7-18-16/h2-8,11,17H,9-10H2,1H3,(H,18,19). The van der Waals surface area contributed by atoms with E-state index in [-0.39, 0.29) is 0 Å². The van der Waals surface area contributed by atoms with Crippen molar-refractivity contribution in [2.24, 2.45) is 0 Å². The van der Waals surface area contributed by atoms with E-state index in [4.69, 9.17) is 4.74 Å². The lowest BCUT2D eigenvalue weighted by Gasteiger charge is -2.06. The number of ether oxygens (including phenoxy) is 1. The van der Waals surface area contributed by atoms with E-state index in [2.05, 4.69) is 27.4 Å². The molecule has 0 aliphatic carbocycles. The van der Waals surface area contributed by atoms with Crippen LogP contribution in [-0.4, -0.2) is 17.1 Å². The molecule has 2 heterocycles. The van der Waals surface area contributed by atoms with Gasteiger partial charge in [-0.05, 0) is 35.4 Å². The molecular weight excluding hydrogens is 250 g/mol. The predicted octanol–water partition coefficient (Wildman–Crippen LogP) is 2.86. The molecule has 4 nitrogen and oxygen atoms in total. The molecule has 0 saturated heterocycles. The number of pyridine rings is 1. The Labute approximate surface area is 117 Å². The average molecular weight is 267 g/mol. The van der Waals surface area contributed by atoms with Crippen LogP contribution in [0.5, 0.6) is 5.75 Å². The Kier molecular flexibility index (Phi) is 3.65. The number of nitrogens with zero attached hydrogens (tertiary/aromatic N) is 1. The van der Waals surface area contributed by atoms with Gasteiger partial charge in [0.15, 0.2) is 0 Å². The van der Waals surface area contributed by atoms with Crippen molar-refractivity contribution in [2.75, 3.05) is 7.11 Å². The third-order valence-electron chi connectivity index (χ3n) is 3.32. The number of fused-ring (bicyclic) bond motifs is 1. The summed E-state index contributed by atoms with van der Waals surface area (Å²) in [6.07, 6.45) is 3.81. The molecule has 0 amide bonds. The zero-order valence-electron chi connectivity index (χ0n) is 11.4. The third kappa shape index (κ3) is 2.65. The molecule has 2 aromatic heterocycles. The molecule has 0 aliphatic rings. The highest BCUT2D eigenvalue weighted by Gasteiger charge is 2.03. The van der Waals surface area contributed by atoms with E-state index in [9.17, 15) is 0 Å². The first-order valence-electron chi connectivity index (χ1n) is 6.61. The summed E-state index contributed by atoms with van der Waals surface area (Å²) in [5.74, 6) is 0.889. The van der Waals surface area contributed by atoms with Crippen molar-refractivity contribution >= 4 is 11.0 Å². The van der Waals surface area contributed by atoms with Crippen molar-refractivity contribution in [3.05, 3.63) is 59.9 Å². The molecule has 20 heavy (non-hydrogen) atoms. The molecule has 0 atom stereocenters. The Hall–Kier alpha value is -2.33. The zero-order chi connectivity index (χ0) is 13.8. The summed E-state index contributed by atoms with van der Waals surface area (Å²) in [7, 11) is 1.69. The summed E-state index contributed by atoms with van der Waals surface area (Å²) in [5.41, 5.74) is 3.38. The Bertz CT molecular complexity index is 706. The number of aromatic amines is 1. The molecule has 0 aliphatic heterocycles. The van der Waals surface area contributed by atoms with Gasteiger partial charge in [0.2, 0.25) is 0 Å². The van der Waals surface area contributed by atoms with Gasteiger partial charge in [-0.3, -0.25) is 0 Å². The van der Waals surface area contributed by atoms with Crippen LogP contribution >= 0.6 is 0 Å². The first kappa shape index (κ1) is 12.7. The third-order valence-corrected chi connectivity index (χ3v) is 3.32. The maximum Gasteiger partial charge on any atom is 0.137 e. The Morgan fingerprint density at radius 3 is 3.05 bits per heavy atom. The molecule has 0 unspecified atom stereocenters. The number of nitrogens with one attached hydrogen (secondary N) is 2. The monoisotopic (exact) mass is 267 g/mol. The van der Waals surface area contributed by atoms with Gasteiger partial charge in [0, 0.05) is 30.9 Å². The average Bonchev–Trinajstić information content (AvgIpc) is 2.91. The van der Waals surface area contributed by atoms with E-state index < -0.39 is 0 Å². The maximum atomic E-state index is 5.22. The van der Waals surface area contributed by atoms with Gasteiger partial charge in [0.25, 0.3) is 0 Å². The molecule has 3 aromatic rings. The van der Waals surface area contributed by atoms with Crippen LogP contribution in [0.3, 0.4) is 0 Å². The highest BCUT2D eigenvalue weighted by Crippen LogP contribution is 2.16. The lowest BCUT2D eigenvalue weighted by Crippen LogP contribution is -2.12. The number of aromatic nitrogens is 2. The van der Waals surface area contributed by atoms with E-state index in [0.29, 0.717) is 0 Å². The summed E-state index contributed by atoms with van der Waals surface area (Å²) < 4.78 is 5.22. The van der Waals surface area contributed by atoms with Crippen LogP contribution in [0.4, 0.5) is 0 Å². The molecule has 3 rings (SSSR count). The number of rotatable bonds is 5. The molecular formula is C16H17N3O. The topological polar surface area (TPSA) is 49.9 Å². The molecule has 0 saturated carbocycles. The van der Waals surface area contributed by atoms with Crippen molar-refractivity contribution in [1.29, 1.82) is 0 Å². The number of methoxy groups -OCH3 is 1. The highest BCUT2D eigenvalue weighted by molar-refractivity contribution is 5.79. The highest BCUT2D eigenvalue weighted by atomic mass is 16.5. The van der Waals surface area contributed by atoms with Crippen LogP contribution in [-0.2, 0) is 13.1 Å². The van der Waals surface area contributed by atoms with Crippen LogP contribution in [0.15, 0.2) is 48.8 Å². The number of hydrogen-bond donors (Lipinski definition) is 2. The predicted molar refractivity (Wildman–Crippen MR) is 79.6 cm³/mol. The van der Waals surface area contributed by atoms with E-state index in [1.165, 1.54) is 16.5 Å². The minimum atomic E-state index is 0.808. The van der Waals surface area contributed by atoms with E-state index >= 15 is 0 Å². The minimum Gasteiger partial charge on any atom is -0.497 e. The second-order valence-electron chi connectivity index (χ2n) is 4.67. The minimum absolute atomic E-state index is 0.808. The van der Waals surface area contributed by atoms with Crippen molar-refractivity contribution in [3.63, 3.8) is 0 Å². The SMILES string of the molecule is COc1cccc(CNCc2c[nH]c3ncccc23)c1. The van der Waals surface area contributed by atoms with Crippen molar-refractivity contribution in [2.45, 2.75) is 13.1 Å². The molecule has 0 fully saturated rings. The van der Waals surface area contributed by atoms with Crippen LogP contribution in [0.25, 0.3) is 11.0 Å². The largest absolute Gasteiger partial charge is 0.497 e. The van der Waals surface area contributed by atoms with Gasteiger partial charge in [0.05, 0.1) is 7.11 Å².